The summed E-state index contributed by atoms with van der Waals surface area (Å²) in [7, 11) is 0. The molecule has 1 aliphatic carbocycles. The molecule has 59 heavy (non-hydrogen) atoms. The summed E-state index contributed by atoms with van der Waals surface area (Å²) in [5, 5.41) is 12.7. The topological polar surface area (TPSA) is 13.1 Å². The fraction of sp³-hybridized carbons (Fsp3) is 0.0526. The SMILES string of the molecule is CC1(C)c2cc(-c3ccc4c(c3)oc3ccc5ccc6sc7ccccc7c6c5c34)ccc2-c2ccc(-c3c4ccccc4c(-c4ccccc4)c4ccccc34)cc21. The highest BCUT2D eigenvalue weighted by Gasteiger charge is 2.36. The number of hydrogen-bond acceptors (Lipinski definition) is 2. The Morgan fingerprint density at radius 1 is 0.373 bits per heavy atom. The zero-order valence-corrected chi connectivity index (χ0v) is 33.5. The third-order valence-electron chi connectivity index (χ3n) is 13.2. The predicted molar refractivity (Wildman–Crippen MR) is 253 cm³/mol. The van der Waals surface area contributed by atoms with Crippen molar-refractivity contribution in [3.05, 3.63) is 193 Å². The molecule has 0 N–H and O–H groups in total. The summed E-state index contributed by atoms with van der Waals surface area (Å²) in [4.78, 5) is 0. The van der Waals surface area contributed by atoms with E-state index in [1.165, 1.54) is 114 Å². The Bertz CT molecular complexity index is 3690. The number of benzene rings is 10. The molecule has 10 aromatic carbocycles. The molecule has 0 aliphatic heterocycles. The Kier molecular flexibility index (Phi) is 6.73. The number of thiophene rings is 1. The van der Waals surface area contributed by atoms with E-state index in [0.717, 1.165) is 16.6 Å². The summed E-state index contributed by atoms with van der Waals surface area (Å²) in [5.41, 5.74) is 14.5. The van der Waals surface area contributed by atoms with Gasteiger partial charge in [-0.25, -0.2) is 0 Å². The summed E-state index contributed by atoms with van der Waals surface area (Å²) in [5.74, 6) is 0. The second-order valence-corrected chi connectivity index (χ2v) is 17.8. The van der Waals surface area contributed by atoms with Crippen LogP contribution in [-0.2, 0) is 5.41 Å². The maximum absolute atomic E-state index is 6.70. The normalized spacial score (nSPS) is 13.4. The lowest BCUT2D eigenvalue weighted by Crippen LogP contribution is -2.15. The van der Waals surface area contributed by atoms with Crippen molar-refractivity contribution in [3.8, 4) is 44.5 Å². The van der Waals surface area contributed by atoms with Gasteiger partial charge in [-0.3, -0.25) is 0 Å². The monoisotopic (exact) mass is 768 g/mol. The number of rotatable bonds is 3. The van der Waals surface area contributed by atoms with Gasteiger partial charge >= 0.3 is 0 Å². The van der Waals surface area contributed by atoms with Crippen LogP contribution in [0.25, 0.3) is 119 Å². The van der Waals surface area contributed by atoms with Crippen LogP contribution in [0.2, 0.25) is 0 Å². The number of hydrogen-bond donors (Lipinski definition) is 0. The molecule has 0 atom stereocenters. The standard InChI is InChI=1S/C57H36OS/c1-57(2)46-30-35(36-21-27-44-49(32-36)58-48-28-23-34-24-29-51-56(54(34)55(44)48)45-18-10-11-19-50(45)59-51)20-25-38(46)39-26-22-37(31-47(39)57)53-42-16-8-6-14-40(42)52(33-12-4-3-5-13-33)41-15-7-9-17-43(41)53/h3-32H,1-2H3. The zero-order valence-electron chi connectivity index (χ0n) is 32.6. The molecule has 0 bridgehead atoms. The molecule has 0 radical (unpaired) electrons. The molecular weight excluding hydrogens is 733 g/mol. The minimum absolute atomic E-state index is 0.191. The van der Waals surface area contributed by atoms with Crippen molar-refractivity contribution >= 4 is 85.8 Å². The molecule has 13 rings (SSSR count). The van der Waals surface area contributed by atoms with Gasteiger partial charge in [-0.05, 0) is 125 Å². The molecule has 0 amide bonds. The lowest BCUT2D eigenvalue weighted by Gasteiger charge is -2.23. The number of furan rings is 1. The van der Waals surface area contributed by atoms with E-state index in [9.17, 15) is 0 Å². The third-order valence-corrected chi connectivity index (χ3v) is 14.4. The maximum Gasteiger partial charge on any atom is 0.136 e. The second-order valence-electron chi connectivity index (χ2n) is 16.7. The van der Waals surface area contributed by atoms with Crippen molar-refractivity contribution in [2.24, 2.45) is 0 Å². The molecule has 2 heteroatoms. The van der Waals surface area contributed by atoms with Crippen LogP contribution in [0.5, 0.6) is 0 Å². The van der Waals surface area contributed by atoms with Crippen molar-refractivity contribution in [2.75, 3.05) is 0 Å². The van der Waals surface area contributed by atoms with Crippen LogP contribution in [0.4, 0.5) is 0 Å². The second kappa shape index (κ2) is 12.0. The number of fused-ring (bicyclic) bond motifs is 14. The molecule has 0 unspecified atom stereocenters. The Hall–Kier alpha value is -7.00. The van der Waals surface area contributed by atoms with Crippen molar-refractivity contribution < 1.29 is 4.42 Å². The van der Waals surface area contributed by atoms with Crippen molar-refractivity contribution in [1.82, 2.24) is 0 Å². The molecule has 276 valence electrons. The van der Waals surface area contributed by atoms with Gasteiger partial charge in [0.25, 0.3) is 0 Å². The first-order valence-electron chi connectivity index (χ1n) is 20.5. The minimum Gasteiger partial charge on any atom is -0.456 e. The molecule has 1 nitrogen and oxygen atoms in total. The van der Waals surface area contributed by atoms with E-state index in [1.807, 2.05) is 11.3 Å². The van der Waals surface area contributed by atoms with Gasteiger partial charge in [0.2, 0.25) is 0 Å². The Morgan fingerprint density at radius 3 is 1.64 bits per heavy atom. The Balaban J connectivity index is 0.938. The molecule has 2 aromatic heterocycles. The van der Waals surface area contributed by atoms with Crippen LogP contribution in [0, 0.1) is 0 Å². The Morgan fingerprint density at radius 2 is 0.932 bits per heavy atom. The fourth-order valence-electron chi connectivity index (χ4n) is 10.5. The van der Waals surface area contributed by atoms with Gasteiger partial charge in [0.05, 0.1) is 0 Å². The first-order chi connectivity index (χ1) is 29.0. The summed E-state index contributed by atoms with van der Waals surface area (Å²) in [6.45, 7) is 4.78. The zero-order chi connectivity index (χ0) is 39.0. The fourth-order valence-corrected chi connectivity index (χ4v) is 11.6. The smallest absolute Gasteiger partial charge is 0.136 e. The van der Waals surface area contributed by atoms with E-state index in [4.69, 9.17) is 4.42 Å². The third kappa shape index (κ3) is 4.61. The average molecular weight is 769 g/mol. The van der Waals surface area contributed by atoms with Gasteiger partial charge in [-0.2, -0.15) is 0 Å². The molecule has 2 heterocycles. The van der Waals surface area contributed by atoms with Gasteiger partial charge in [-0.15, -0.1) is 11.3 Å². The molecular formula is C57H36OS. The van der Waals surface area contributed by atoms with Crippen LogP contribution in [0.15, 0.2) is 186 Å². The predicted octanol–water partition coefficient (Wildman–Crippen LogP) is 16.7. The average Bonchev–Trinajstić information content (AvgIpc) is 3.92. The van der Waals surface area contributed by atoms with E-state index in [-0.39, 0.29) is 5.41 Å². The highest BCUT2D eigenvalue weighted by atomic mass is 32.1. The van der Waals surface area contributed by atoms with Crippen molar-refractivity contribution in [2.45, 2.75) is 19.3 Å². The lowest BCUT2D eigenvalue weighted by atomic mass is 9.80. The summed E-state index contributed by atoms with van der Waals surface area (Å²) < 4.78 is 9.33. The van der Waals surface area contributed by atoms with Crippen molar-refractivity contribution in [1.29, 1.82) is 0 Å². The molecule has 1 aliphatic rings. The molecule has 0 fully saturated rings. The van der Waals surface area contributed by atoms with Crippen LogP contribution < -0.4 is 0 Å². The minimum atomic E-state index is -0.191. The van der Waals surface area contributed by atoms with E-state index in [1.54, 1.807) is 0 Å². The summed E-state index contributed by atoms with van der Waals surface area (Å²) in [6.07, 6.45) is 0. The summed E-state index contributed by atoms with van der Waals surface area (Å²) in [6, 6.07) is 67.4. The van der Waals surface area contributed by atoms with Gasteiger partial charge in [0.15, 0.2) is 0 Å². The van der Waals surface area contributed by atoms with E-state index >= 15 is 0 Å². The lowest BCUT2D eigenvalue weighted by molar-refractivity contribution is 0.661. The van der Waals surface area contributed by atoms with Gasteiger partial charge in [0.1, 0.15) is 11.2 Å². The maximum atomic E-state index is 6.70. The highest BCUT2D eigenvalue weighted by Crippen LogP contribution is 2.53. The van der Waals surface area contributed by atoms with E-state index in [0.29, 0.717) is 0 Å². The van der Waals surface area contributed by atoms with Gasteiger partial charge in [0, 0.05) is 41.7 Å². The van der Waals surface area contributed by atoms with Crippen LogP contribution in [0.1, 0.15) is 25.0 Å². The highest BCUT2D eigenvalue weighted by molar-refractivity contribution is 7.26. The van der Waals surface area contributed by atoms with Crippen molar-refractivity contribution in [3.63, 3.8) is 0 Å². The summed E-state index contributed by atoms with van der Waals surface area (Å²) >= 11 is 1.87. The molecule has 0 saturated carbocycles. The van der Waals surface area contributed by atoms with Crippen LogP contribution in [-0.4, -0.2) is 0 Å². The first-order valence-corrected chi connectivity index (χ1v) is 21.3. The molecule has 12 aromatic rings. The van der Waals surface area contributed by atoms with E-state index in [2.05, 4.69) is 196 Å². The van der Waals surface area contributed by atoms with Crippen LogP contribution in [0.3, 0.4) is 0 Å². The Labute approximate surface area is 345 Å². The molecule has 0 saturated heterocycles. The van der Waals surface area contributed by atoms with Crippen LogP contribution >= 0.6 is 11.3 Å². The van der Waals surface area contributed by atoms with Gasteiger partial charge in [-0.1, -0.05) is 153 Å². The first kappa shape index (κ1) is 33.0. The molecule has 0 spiro atoms. The largest absolute Gasteiger partial charge is 0.456 e. The quantitative estimate of drug-likeness (QED) is 0.163. The van der Waals surface area contributed by atoms with Gasteiger partial charge < -0.3 is 4.42 Å². The van der Waals surface area contributed by atoms with E-state index < -0.39 is 0 Å².